The van der Waals surface area contributed by atoms with Crippen LogP contribution in [0.1, 0.15) is 10.4 Å². The molecule has 0 saturated carbocycles. The highest BCUT2D eigenvalue weighted by atomic mass is 16.1. The summed E-state index contributed by atoms with van der Waals surface area (Å²) >= 11 is 0. The van der Waals surface area contributed by atoms with Crippen molar-refractivity contribution in [1.29, 1.82) is 0 Å². The second-order valence-electron chi connectivity index (χ2n) is 6.65. The summed E-state index contributed by atoms with van der Waals surface area (Å²) in [4.78, 5) is 12.0. The highest BCUT2D eigenvalue weighted by molar-refractivity contribution is 6.02. The first-order chi connectivity index (χ1) is 15.2. The Kier molecular flexibility index (Phi) is 6.00. The van der Waals surface area contributed by atoms with E-state index in [0.29, 0.717) is 33.8 Å². The number of benzene rings is 4. The number of hydrogen-bond donors (Lipinski definition) is 1. The van der Waals surface area contributed by atoms with E-state index in [1.165, 1.54) is 0 Å². The topological polar surface area (TPSA) is 92.5 Å². The molecule has 0 aliphatic heterocycles. The van der Waals surface area contributed by atoms with Crippen LogP contribution in [-0.4, -0.2) is 5.91 Å². The number of hydrogen-bond acceptors (Lipinski definition) is 5. The predicted octanol–water partition coefficient (Wildman–Crippen LogP) is 7.28. The molecule has 0 unspecified atom stereocenters. The summed E-state index contributed by atoms with van der Waals surface area (Å²) in [6.07, 6.45) is 0. The van der Waals surface area contributed by atoms with Crippen LogP contribution < -0.4 is 5.73 Å². The van der Waals surface area contributed by atoms with E-state index in [2.05, 4.69) is 20.5 Å². The molecule has 2 N–H and O–H groups in total. The number of amides is 1. The second-order valence-corrected chi connectivity index (χ2v) is 6.65. The minimum atomic E-state index is -0.516. The molecule has 31 heavy (non-hydrogen) atoms. The lowest BCUT2D eigenvalue weighted by Crippen LogP contribution is -2.12. The molecule has 0 atom stereocenters. The average Bonchev–Trinajstić information content (AvgIpc) is 2.83. The Morgan fingerprint density at radius 1 is 0.548 bits per heavy atom. The first kappa shape index (κ1) is 19.8. The first-order valence-electron chi connectivity index (χ1n) is 9.68. The summed E-state index contributed by atoms with van der Waals surface area (Å²) in [6, 6.07) is 31.5. The van der Waals surface area contributed by atoms with Gasteiger partial charge in [-0.15, -0.1) is 10.2 Å². The van der Waals surface area contributed by atoms with E-state index in [4.69, 9.17) is 5.73 Å². The molecule has 0 aliphatic rings. The fourth-order valence-corrected chi connectivity index (χ4v) is 3.08. The molecule has 6 heteroatoms. The highest BCUT2D eigenvalue weighted by Gasteiger charge is 2.15. The molecule has 6 nitrogen and oxygen atoms in total. The summed E-state index contributed by atoms with van der Waals surface area (Å²) in [5, 5.41) is 17.6. The van der Waals surface area contributed by atoms with Crippen molar-refractivity contribution in [2.45, 2.75) is 0 Å². The zero-order valence-corrected chi connectivity index (χ0v) is 16.6. The van der Waals surface area contributed by atoms with Crippen molar-refractivity contribution in [3.8, 4) is 11.1 Å². The molecular formula is C25H19N5O. The Labute approximate surface area is 179 Å². The normalized spacial score (nSPS) is 11.2. The van der Waals surface area contributed by atoms with Gasteiger partial charge >= 0.3 is 0 Å². The van der Waals surface area contributed by atoms with Crippen LogP contribution in [0.25, 0.3) is 11.1 Å². The minimum Gasteiger partial charge on any atom is -0.366 e. The van der Waals surface area contributed by atoms with Crippen LogP contribution in [0.15, 0.2) is 124 Å². The molecule has 0 radical (unpaired) electrons. The van der Waals surface area contributed by atoms with Gasteiger partial charge in [0.15, 0.2) is 0 Å². The van der Waals surface area contributed by atoms with Gasteiger partial charge in [0.25, 0.3) is 0 Å². The van der Waals surface area contributed by atoms with Gasteiger partial charge in [-0.1, -0.05) is 66.7 Å². The number of nitrogens with zero attached hydrogens (tertiary/aromatic N) is 4. The van der Waals surface area contributed by atoms with Gasteiger partial charge in [-0.05, 0) is 42.0 Å². The third kappa shape index (κ3) is 4.76. The van der Waals surface area contributed by atoms with E-state index in [1.54, 1.807) is 12.1 Å². The molecule has 0 spiro atoms. The monoisotopic (exact) mass is 405 g/mol. The largest absolute Gasteiger partial charge is 0.366 e. The molecule has 0 heterocycles. The Morgan fingerprint density at radius 3 is 1.74 bits per heavy atom. The fourth-order valence-electron chi connectivity index (χ4n) is 3.08. The molecule has 0 aromatic heterocycles. The molecule has 4 aromatic carbocycles. The van der Waals surface area contributed by atoms with Crippen LogP contribution in [-0.2, 0) is 0 Å². The summed E-state index contributed by atoms with van der Waals surface area (Å²) in [7, 11) is 0. The summed E-state index contributed by atoms with van der Waals surface area (Å²) < 4.78 is 0. The number of rotatable bonds is 6. The van der Waals surface area contributed by atoms with Crippen LogP contribution in [0.3, 0.4) is 0 Å². The molecule has 4 rings (SSSR count). The molecule has 0 aliphatic carbocycles. The summed E-state index contributed by atoms with van der Waals surface area (Å²) in [5.41, 5.74) is 9.80. The molecule has 1 amide bonds. The van der Waals surface area contributed by atoms with E-state index >= 15 is 0 Å². The van der Waals surface area contributed by atoms with Gasteiger partial charge in [-0.2, -0.15) is 10.2 Å². The van der Waals surface area contributed by atoms with Crippen molar-refractivity contribution in [2.75, 3.05) is 0 Å². The predicted molar refractivity (Wildman–Crippen MR) is 122 cm³/mol. The van der Waals surface area contributed by atoms with Crippen LogP contribution in [0.5, 0.6) is 0 Å². The molecule has 150 valence electrons. The smallest absolute Gasteiger partial charge is 0.249 e. The lowest BCUT2D eigenvalue weighted by molar-refractivity contribution is 0.100. The van der Waals surface area contributed by atoms with Crippen molar-refractivity contribution >= 4 is 28.7 Å². The third-order valence-electron chi connectivity index (χ3n) is 4.55. The molecule has 0 fully saturated rings. The maximum absolute atomic E-state index is 12.0. The van der Waals surface area contributed by atoms with E-state index in [0.717, 1.165) is 5.69 Å². The minimum absolute atomic E-state index is 0.399. The van der Waals surface area contributed by atoms with Crippen molar-refractivity contribution in [3.05, 3.63) is 109 Å². The quantitative estimate of drug-likeness (QED) is 0.335. The lowest BCUT2D eigenvalue weighted by atomic mass is 9.97. The third-order valence-corrected chi connectivity index (χ3v) is 4.55. The molecule has 4 aromatic rings. The van der Waals surface area contributed by atoms with Crippen LogP contribution in [0, 0.1) is 0 Å². The van der Waals surface area contributed by atoms with Gasteiger partial charge in [0, 0.05) is 11.1 Å². The van der Waals surface area contributed by atoms with Gasteiger partial charge in [-0.3, -0.25) is 4.79 Å². The Bertz CT molecular complexity index is 1250. The number of carbonyl (C=O) groups is 1. The highest BCUT2D eigenvalue weighted by Crippen LogP contribution is 2.41. The fraction of sp³-hybridized carbons (Fsp3) is 0. The van der Waals surface area contributed by atoms with Gasteiger partial charge in [0.05, 0.1) is 11.4 Å². The zero-order valence-electron chi connectivity index (χ0n) is 16.6. The zero-order chi connectivity index (χ0) is 21.5. The van der Waals surface area contributed by atoms with E-state index in [9.17, 15) is 4.79 Å². The van der Waals surface area contributed by atoms with Crippen molar-refractivity contribution in [2.24, 2.45) is 26.2 Å². The lowest BCUT2D eigenvalue weighted by Gasteiger charge is -2.10. The van der Waals surface area contributed by atoms with E-state index in [1.807, 2.05) is 91.0 Å². The Hall–Kier alpha value is -4.45. The maximum atomic E-state index is 12.0. The van der Waals surface area contributed by atoms with E-state index in [-0.39, 0.29) is 0 Å². The number of azo groups is 2. The van der Waals surface area contributed by atoms with Gasteiger partial charge in [-0.25, -0.2) is 0 Å². The first-order valence-corrected chi connectivity index (χ1v) is 9.68. The summed E-state index contributed by atoms with van der Waals surface area (Å²) in [5.74, 6) is -0.516. The van der Waals surface area contributed by atoms with Gasteiger partial charge in [0.2, 0.25) is 5.91 Å². The molecule has 0 bridgehead atoms. The van der Waals surface area contributed by atoms with Gasteiger partial charge in [0.1, 0.15) is 11.4 Å². The van der Waals surface area contributed by atoms with Crippen molar-refractivity contribution in [3.63, 3.8) is 0 Å². The van der Waals surface area contributed by atoms with Crippen molar-refractivity contribution < 1.29 is 4.79 Å². The van der Waals surface area contributed by atoms with E-state index < -0.39 is 5.91 Å². The second kappa shape index (κ2) is 9.37. The molecular weight excluding hydrogens is 386 g/mol. The SMILES string of the molecule is NC(=O)c1ccccc1-c1cccc(N=Nc2ccccc2)c1N=Nc1ccccc1. The maximum Gasteiger partial charge on any atom is 0.249 e. The van der Waals surface area contributed by atoms with Crippen molar-refractivity contribution in [1.82, 2.24) is 0 Å². The number of nitrogens with two attached hydrogens (primary N) is 1. The van der Waals surface area contributed by atoms with Crippen LogP contribution >= 0.6 is 0 Å². The van der Waals surface area contributed by atoms with Crippen LogP contribution in [0.4, 0.5) is 22.7 Å². The molecule has 0 saturated heterocycles. The standard InChI is InChI=1S/C25H19N5O/c26-25(31)22-15-8-7-14-20(22)21-16-9-17-23(29-27-18-10-3-1-4-11-18)24(21)30-28-19-12-5-2-6-13-19/h1-17H,(H2,26,31). The Morgan fingerprint density at radius 2 is 1.10 bits per heavy atom. The average molecular weight is 405 g/mol. The number of primary amides is 1. The number of carbonyl (C=O) groups excluding carboxylic acids is 1. The Balaban J connectivity index is 1.86. The summed E-state index contributed by atoms with van der Waals surface area (Å²) in [6.45, 7) is 0. The van der Waals surface area contributed by atoms with Crippen LogP contribution in [0.2, 0.25) is 0 Å². The van der Waals surface area contributed by atoms with Gasteiger partial charge < -0.3 is 5.73 Å².